The highest BCUT2D eigenvalue weighted by Crippen LogP contribution is 2.47. The van der Waals surface area contributed by atoms with Gasteiger partial charge in [0.25, 0.3) is 0 Å². The highest BCUT2D eigenvalue weighted by atomic mass is 16.3. The second kappa shape index (κ2) is 2.56. The third-order valence-corrected chi connectivity index (χ3v) is 3.26. The van der Waals surface area contributed by atoms with Crippen molar-refractivity contribution in [1.29, 1.82) is 0 Å². The number of aliphatic hydroxyl groups is 1. The molecule has 0 aromatic heterocycles. The van der Waals surface area contributed by atoms with Crippen LogP contribution in [0, 0.1) is 11.3 Å². The van der Waals surface area contributed by atoms with E-state index in [4.69, 9.17) is 0 Å². The maximum Gasteiger partial charge on any atom is 0.133 e. The van der Waals surface area contributed by atoms with Gasteiger partial charge in [0.2, 0.25) is 0 Å². The molecular weight excluding hydrogens is 152 g/mol. The fourth-order valence-electron chi connectivity index (χ4n) is 3.07. The fraction of sp³-hybridized carbons (Fsp3) is 0.900. The van der Waals surface area contributed by atoms with Gasteiger partial charge in [-0.25, -0.2) is 0 Å². The summed E-state index contributed by atoms with van der Waals surface area (Å²) in [6.07, 6.45) is 4.08. The highest BCUT2D eigenvalue weighted by molar-refractivity contribution is 5.80. The number of ketones is 1. The molecule has 0 aromatic rings. The molecule has 2 rings (SSSR count). The van der Waals surface area contributed by atoms with E-state index in [1.165, 1.54) is 0 Å². The minimum atomic E-state index is -0.151. The number of Topliss-reactive ketones (excluding diaryl/α,β-unsaturated/α-hetero) is 1. The second-order valence-electron chi connectivity index (χ2n) is 4.89. The highest BCUT2D eigenvalue weighted by Gasteiger charge is 2.42. The van der Waals surface area contributed by atoms with E-state index in [0.29, 0.717) is 24.5 Å². The Balaban J connectivity index is 2.16. The Morgan fingerprint density at radius 1 is 1.50 bits per heavy atom. The van der Waals surface area contributed by atoms with Crippen LogP contribution >= 0.6 is 0 Å². The maximum atomic E-state index is 11.3. The van der Waals surface area contributed by atoms with Crippen LogP contribution in [0.25, 0.3) is 0 Å². The van der Waals surface area contributed by atoms with Gasteiger partial charge in [0.1, 0.15) is 5.78 Å². The monoisotopic (exact) mass is 168 g/mol. The largest absolute Gasteiger partial charge is 0.393 e. The maximum absolute atomic E-state index is 11.3. The normalized spacial score (nSPS) is 47.7. The van der Waals surface area contributed by atoms with E-state index >= 15 is 0 Å². The van der Waals surface area contributed by atoms with E-state index < -0.39 is 0 Å². The van der Waals surface area contributed by atoms with E-state index in [2.05, 4.69) is 6.92 Å². The molecule has 0 aromatic carbocycles. The van der Waals surface area contributed by atoms with Crippen molar-refractivity contribution >= 4 is 5.78 Å². The van der Waals surface area contributed by atoms with Gasteiger partial charge in [0.15, 0.2) is 0 Å². The van der Waals surface area contributed by atoms with Crippen molar-refractivity contribution in [3.8, 4) is 0 Å². The number of hydrogen-bond donors (Lipinski definition) is 1. The molecule has 2 saturated carbocycles. The first kappa shape index (κ1) is 8.24. The molecule has 0 amide bonds. The molecule has 0 spiro atoms. The van der Waals surface area contributed by atoms with Crippen LogP contribution in [0.15, 0.2) is 0 Å². The van der Waals surface area contributed by atoms with E-state index in [1.807, 2.05) is 0 Å². The van der Waals surface area contributed by atoms with E-state index in [1.54, 1.807) is 0 Å². The molecule has 0 radical (unpaired) electrons. The van der Waals surface area contributed by atoms with Crippen LogP contribution in [0.5, 0.6) is 0 Å². The molecule has 0 heterocycles. The zero-order valence-electron chi connectivity index (χ0n) is 7.55. The number of carbonyl (C=O) groups excluding carboxylic acids is 1. The van der Waals surface area contributed by atoms with Gasteiger partial charge in [0.05, 0.1) is 6.10 Å². The Morgan fingerprint density at radius 3 is 2.92 bits per heavy atom. The molecule has 2 nitrogen and oxygen atoms in total. The molecule has 1 N–H and O–H groups in total. The topological polar surface area (TPSA) is 37.3 Å². The summed E-state index contributed by atoms with van der Waals surface area (Å²) in [5.74, 6) is 0.876. The van der Waals surface area contributed by atoms with Gasteiger partial charge in [0, 0.05) is 12.8 Å². The lowest BCUT2D eigenvalue weighted by Gasteiger charge is -2.44. The Hall–Kier alpha value is -0.370. The first-order valence-electron chi connectivity index (χ1n) is 4.77. The predicted octanol–water partition coefficient (Wildman–Crippen LogP) is 1.52. The molecule has 3 atom stereocenters. The van der Waals surface area contributed by atoms with Crippen molar-refractivity contribution in [2.24, 2.45) is 11.3 Å². The number of aliphatic hydroxyl groups excluding tert-OH is 1. The lowest BCUT2D eigenvalue weighted by molar-refractivity contribution is -0.129. The van der Waals surface area contributed by atoms with Crippen molar-refractivity contribution in [1.82, 2.24) is 0 Å². The SMILES string of the molecule is CC12CC(=O)CC(CC(O)C1)C2. The molecule has 2 fully saturated rings. The van der Waals surface area contributed by atoms with Crippen molar-refractivity contribution in [2.75, 3.05) is 0 Å². The van der Waals surface area contributed by atoms with Gasteiger partial charge in [-0.15, -0.1) is 0 Å². The molecule has 0 aliphatic heterocycles. The predicted molar refractivity (Wildman–Crippen MR) is 45.7 cm³/mol. The molecule has 2 aliphatic carbocycles. The molecule has 2 bridgehead atoms. The molecule has 12 heavy (non-hydrogen) atoms. The van der Waals surface area contributed by atoms with E-state index in [-0.39, 0.29) is 11.5 Å². The molecule has 3 unspecified atom stereocenters. The summed E-state index contributed by atoms with van der Waals surface area (Å²) in [5.41, 5.74) is 0.123. The van der Waals surface area contributed by atoms with Gasteiger partial charge in [-0.2, -0.15) is 0 Å². The number of carbonyl (C=O) groups is 1. The van der Waals surface area contributed by atoms with E-state index in [0.717, 1.165) is 19.3 Å². The minimum absolute atomic E-state index is 0.123. The van der Waals surface area contributed by atoms with Crippen molar-refractivity contribution in [2.45, 2.75) is 45.1 Å². The lowest BCUT2D eigenvalue weighted by Crippen LogP contribution is -2.40. The number of fused-ring (bicyclic) bond motifs is 2. The molecule has 68 valence electrons. The van der Waals surface area contributed by atoms with Gasteiger partial charge in [-0.1, -0.05) is 6.92 Å². The Labute approximate surface area is 73.0 Å². The summed E-state index contributed by atoms with van der Waals surface area (Å²) in [6.45, 7) is 2.14. The van der Waals surface area contributed by atoms with Crippen LogP contribution in [0.2, 0.25) is 0 Å². The van der Waals surface area contributed by atoms with Crippen LogP contribution in [-0.4, -0.2) is 17.0 Å². The first-order chi connectivity index (χ1) is 5.57. The Bertz CT molecular complexity index is 208. The molecular formula is C10H16O2. The van der Waals surface area contributed by atoms with Gasteiger partial charge < -0.3 is 5.11 Å². The quantitative estimate of drug-likeness (QED) is 0.595. The van der Waals surface area contributed by atoms with E-state index in [9.17, 15) is 9.90 Å². The first-order valence-corrected chi connectivity index (χ1v) is 4.77. The van der Waals surface area contributed by atoms with Gasteiger partial charge in [-0.3, -0.25) is 4.79 Å². The number of rotatable bonds is 0. The molecule has 2 heteroatoms. The standard InChI is InChI=1S/C10H16O2/c1-10-4-7(2-8(11)5-10)3-9(12)6-10/h7-8,11H,2-6H2,1H3. The van der Waals surface area contributed by atoms with Crippen molar-refractivity contribution in [3.05, 3.63) is 0 Å². The third kappa shape index (κ3) is 1.40. The summed E-state index contributed by atoms with van der Waals surface area (Å²) in [7, 11) is 0. The molecule has 2 aliphatic rings. The van der Waals surface area contributed by atoms with Crippen molar-refractivity contribution in [3.63, 3.8) is 0 Å². The average Bonchev–Trinajstić information content (AvgIpc) is 1.78. The van der Waals surface area contributed by atoms with Crippen LogP contribution in [-0.2, 0) is 4.79 Å². The zero-order valence-corrected chi connectivity index (χ0v) is 7.55. The zero-order chi connectivity index (χ0) is 8.77. The van der Waals surface area contributed by atoms with Crippen LogP contribution < -0.4 is 0 Å². The Morgan fingerprint density at radius 2 is 2.25 bits per heavy atom. The fourth-order valence-corrected chi connectivity index (χ4v) is 3.07. The Kier molecular flexibility index (Phi) is 1.76. The van der Waals surface area contributed by atoms with Crippen LogP contribution in [0.4, 0.5) is 0 Å². The minimum Gasteiger partial charge on any atom is -0.393 e. The smallest absolute Gasteiger partial charge is 0.133 e. The van der Waals surface area contributed by atoms with Crippen molar-refractivity contribution < 1.29 is 9.90 Å². The summed E-state index contributed by atoms with van der Waals surface area (Å²) in [4.78, 5) is 11.3. The van der Waals surface area contributed by atoms with Gasteiger partial charge >= 0.3 is 0 Å². The third-order valence-electron chi connectivity index (χ3n) is 3.26. The van der Waals surface area contributed by atoms with Crippen LogP contribution in [0.1, 0.15) is 39.0 Å². The average molecular weight is 168 g/mol. The summed E-state index contributed by atoms with van der Waals surface area (Å²) < 4.78 is 0. The summed E-state index contributed by atoms with van der Waals surface area (Å²) in [5, 5.41) is 9.56. The second-order valence-corrected chi connectivity index (χ2v) is 4.89. The van der Waals surface area contributed by atoms with Gasteiger partial charge in [-0.05, 0) is 30.6 Å². The lowest BCUT2D eigenvalue weighted by atomic mass is 9.62. The molecule has 0 saturated heterocycles. The van der Waals surface area contributed by atoms with Crippen LogP contribution in [0.3, 0.4) is 0 Å². The number of hydrogen-bond acceptors (Lipinski definition) is 2. The summed E-state index contributed by atoms with van der Waals surface area (Å²) in [6, 6.07) is 0. The summed E-state index contributed by atoms with van der Waals surface area (Å²) >= 11 is 0.